The third-order valence-corrected chi connectivity index (χ3v) is 4.25. The molecule has 2 rings (SSSR count). The number of nitrogens with one attached hydrogen (secondary N) is 1. The molecule has 2 unspecified atom stereocenters. The maximum atomic E-state index is 10.1. The number of rotatable bonds is 4. The molecule has 0 aliphatic carbocycles. The van der Waals surface area contributed by atoms with E-state index in [0.29, 0.717) is 5.75 Å². The number of phenolic OH excluding ortho intramolecular Hbond substituents is 1. The van der Waals surface area contributed by atoms with E-state index in [-0.39, 0.29) is 12.1 Å². The Balaban J connectivity index is 2.15. The van der Waals surface area contributed by atoms with Crippen LogP contribution >= 0.6 is 15.9 Å². The molecule has 0 aromatic heterocycles. The van der Waals surface area contributed by atoms with E-state index in [9.17, 15) is 5.11 Å². The zero-order valence-electron chi connectivity index (χ0n) is 12.0. The van der Waals surface area contributed by atoms with E-state index in [0.717, 1.165) is 15.6 Å². The number of aryl methyl sites for hydroxylation is 1. The largest absolute Gasteiger partial charge is 0.508 e. The molecule has 2 aromatic rings. The quantitative estimate of drug-likeness (QED) is 0.836. The molecule has 0 amide bonds. The van der Waals surface area contributed by atoms with E-state index < -0.39 is 0 Å². The molecule has 106 valence electrons. The molecule has 3 heteroatoms. The molecule has 0 radical (unpaired) electrons. The van der Waals surface area contributed by atoms with Gasteiger partial charge < -0.3 is 10.4 Å². The fourth-order valence-electron chi connectivity index (χ4n) is 2.40. The molecular formula is C17H20BrNO. The molecule has 0 heterocycles. The Morgan fingerprint density at radius 1 is 1.00 bits per heavy atom. The second-order valence-corrected chi connectivity index (χ2v) is 6.05. The van der Waals surface area contributed by atoms with Crippen molar-refractivity contribution < 1.29 is 5.11 Å². The average molecular weight is 334 g/mol. The first kappa shape index (κ1) is 15.1. The van der Waals surface area contributed by atoms with Crippen LogP contribution in [0.3, 0.4) is 0 Å². The van der Waals surface area contributed by atoms with E-state index in [1.165, 1.54) is 5.56 Å². The van der Waals surface area contributed by atoms with Crippen molar-refractivity contribution >= 4 is 15.9 Å². The van der Waals surface area contributed by atoms with E-state index in [1.54, 1.807) is 6.07 Å². The van der Waals surface area contributed by atoms with Crippen molar-refractivity contribution in [3.8, 4) is 5.75 Å². The minimum atomic E-state index is 0.0812. The monoisotopic (exact) mass is 333 g/mol. The summed E-state index contributed by atoms with van der Waals surface area (Å²) in [5.41, 5.74) is 3.21. The zero-order chi connectivity index (χ0) is 14.7. The number of halogens is 1. The van der Waals surface area contributed by atoms with Crippen molar-refractivity contribution in [1.29, 1.82) is 0 Å². The average Bonchev–Trinajstić information content (AvgIpc) is 2.38. The van der Waals surface area contributed by atoms with Crippen LogP contribution in [0.5, 0.6) is 5.75 Å². The van der Waals surface area contributed by atoms with Gasteiger partial charge in [-0.15, -0.1) is 0 Å². The lowest BCUT2D eigenvalue weighted by Gasteiger charge is -2.22. The molecule has 0 saturated heterocycles. The molecule has 0 fully saturated rings. The fraction of sp³-hybridized carbons (Fsp3) is 0.294. The minimum absolute atomic E-state index is 0.0812. The first-order valence-corrected chi connectivity index (χ1v) is 7.58. The van der Waals surface area contributed by atoms with E-state index in [1.807, 2.05) is 37.3 Å². The molecule has 0 aliphatic rings. The Labute approximate surface area is 129 Å². The van der Waals surface area contributed by atoms with Crippen molar-refractivity contribution in [1.82, 2.24) is 5.32 Å². The first-order valence-electron chi connectivity index (χ1n) is 6.79. The summed E-state index contributed by atoms with van der Waals surface area (Å²) in [6.07, 6.45) is 0. The zero-order valence-corrected chi connectivity index (χ0v) is 13.6. The second-order valence-electron chi connectivity index (χ2n) is 5.19. The van der Waals surface area contributed by atoms with Crippen LogP contribution in [0.1, 0.15) is 42.6 Å². The van der Waals surface area contributed by atoms with Gasteiger partial charge in [-0.25, -0.2) is 0 Å². The molecule has 0 spiro atoms. The van der Waals surface area contributed by atoms with Gasteiger partial charge in [-0.1, -0.05) is 46.3 Å². The number of phenols is 1. The molecule has 0 aliphatic heterocycles. The number of hydrogen-bond donors (Lipinski definition) is 2. The lowest BCUT2D eigenvalue weighted by Crippen LogP contribution is -2.22. The number of benzene rings is 2. The van der Waals surface area contributed by atoms with Crippen molar-refractivity contribution in [2.75, 3.05) is 0 Å². The van der Waals surface area contributed by atoms with Gasteiger partial charge in [-0.3, -0.25) is 0 Å². The van der Waals surface area contributed by atoms with Gasteiger partial charge in [0.2, 0.25) is 0 Å². The number of hydrogen-bond acceptors (Lipinski definition) is 2. The SMILES string of the molecule is Cc1ccc(C(C)NC(C)c2ccccc2Br)c(O)c1. The highest BCUT2D eigenvalue weighted by molar-refractivity contribution is 9.10. The second kappa shape index (κ2) is 6.42. The Hall–Kier alpha value is -1.32. The molecule has 2 aromatic carbocycles. The van der Waals surface area contributed by atoms with E-state index in [4.69, 9.17) is 0 Å². The fourth-order valence-corrected chi connectivity index (χ4v) is 3.03. The normalized spacial score (nSPS) is 14.0. The highest BCUT2D eigenvalue weighted by Gasteiger charge is 2.15. The molecular weight excluding hydrogens is 314 g/mol. The van der Waals surface area contributed by atoms with Crippen LogP contribution < -0.4 is 5.32 Å². The molecule has 2 atom stereocenters. The lowest BCUT2D eigenvalue weighted by molar-refractivity contribution is 0.438. The van der Waals surface area contributed by atoms with Crippen LogP contribution in [0.2, 0.25) is 0 Å². The molecule has 20 heavy (non-hydrogen) atoms. The predicted molar refractivity (Wildman–Crippen MR) is 87.0 cm³/mol. The summed E-state index contributed by atoms with van der Waals surface area (Å²) in [5.74, 6) is 0.351. The summed E-state index contributed by atoms with van der Waals surface area (Å²) < 4.78 is 1.10. The van der Waals surface area contributed by atoms with Crippen LogP contribution in [0, 0.1) is 6.92 Å². The van der Waals surface area contributed by atoms with Crippen LogP contribution in [0.15, 0.2) is 46.9 Å². The van der Waals surface area contributed by atoms with Gasteiger partial charge in [-0.05, 0) is 44.0 Å². The smallest absolute Gasteiger partial charge is 0.120 e. The van der Waals surface area contributed by atoms with Gasteiger partial charge in [-0.2, -0.15) is 0 Å². The van der Waals surface area contributed by atoms with Crippen LogP contribution in [-0.2, 0) is 0 Å². The Kier molecular flexibility index (Phi) is 4.84. The summed E-state index contributed by atoms with van der Waals surface area (Å²) in [4.78, 5) is 0. The third-order valence-electron chi connectivity index (χ3n) is 3.52. The summed E-state index contributed by atoms with van der Waals surface area (Å²) in [5, 5.41) is 13.6. The Morgan fingerprint density at radius 3 is 2.30 bits per heavy atom. The van der Waals surface area contributed by atoms with Gasteiger partial charge in [0.05, 0.1) is 0 Å². The molecule has 2 nitrogen and oxygen atoms in total. The standard InChI is InChI=1S/C17H20BrNO/c1-11-8-9-15(17(20)10-11)13(3)19-12(2)14-6-4-5-7-16(14)18/h4-10,12-13,19-20H,1-3H3. The topological polar surface area (TPSA) is 32.3 Å². The van der Waals surface area contributed by atoms with Crippen molar-refractivity contribution in [2.24, 2.45) is 0 Å². The highest BCUT2D eigenvalue weighted by atomic mass is 79.9. The maximum Gasteiger partial charge on any atom is 0.120 e. The Bertz CT molecular complexity index is 597. The van der Waals surface area contributed by atoms with Gasteiger partial charge in [0.1, 0.15) is 5.75 Å². The van der Waals surface area contributed by atoms with E-state index >= 15 is 0 Å². The summed E-state index contributed by atoms with van der Waals surface area (Å²) in [6.45, 7) is 6.17. The van der Waals surface area contributed by atoms with Crippen LogP contribution in [0.25, 0.3) is 0 Å². The molecule has 2 N–H and O–H groups in total. The van der Waals surface area contributed by atoms with Crippen molar-refractivity contribution in [3.05, 3.63) is 63.6 Å². The van der Waals surface area contributed by atoms with Gasteiger partial charge in [0.15, 0.2) is 0 Å². The first-order chi connectivity index (χ1) is 9.49. The van der Waals surface area contributed by atoms with Gasteiger partial charge >= 0.3 is 0 Å². The third kappa shape index (κ3) is 3.41. The van der Waals surface area contributed by atoms with Gasteiger partial charge in [0.25, 0.3) is 0 Å². The van der Waals surface area contributed by atoms with Gasteiger partial charge in [0, 0.05) is 22.1 Å². The number of aromatic hydroxyl groups is 1. The van der Waals surface area contributed by atoms with Crippen molar-refractivity contribution in [2.45, 2.75) is 32.9 Å². The lowest BCUT2D eigenvalue weighted by atomic mass is 10.0. The Morgan fingerprint density at radius 2 is 1.65 bits per heavy atom. The maximum absolute atomic E-state index is 10.1. The van der Waals surface area contributed by atoms with E-state index in [2.05, 4.69) is 41.2 Å². The van der Waals surface area contributed by atoms with Crippen LogP contribution in [-0.4, -0.2) is 5.11 Å². The highest BCUT2D eigenvalue weighted by Crippen LogP contribution is 2.29. The predicted octanol–water partition coefficient (Wildman–Crippen LogP) is 4.87. The minimum Gasteiger partial charge on any atom is -0.508 e. The summed E-state index contributed by atoms with van der Waals surface area (Å²) in [7, 11) is 0. The summed E-state index contributed by atoms with van der Waals surface area (Å²) in [6, 6.07) is 14.3. The van der Waals surface area contributed by atoms with Crippen LogP contribution in [0.4, 0.5) is 0 Å². The molecule has 0 saturated carbocycles. The van der Waals surface area contributed by atoms with Crippen molar-refractivity contribution in [3.63, 3.8) is 0 Å². The summed E-state index contributed by atoms with van der Waals surface area (Å²) >= 11 is 3.58. The molecule has 0 bridgehead atoms.